The van der Waals surface area contributed by atoms with Crippen molar-refractivity contribution in [2.45, 2.75) is 46.0 Å². The van der Waals surface area contributed by atoms with E-state index in [9.17, 15) is 0 Å². The molecule has 1 heterocycles. The van der Waals surface area contributed by atoms with Crippen molar-refractivity contribution in [1.82, 2.24) is 5.16 Å². The summed E-state index contributed by atoms with van der Waals surface area (Å²) in [5, 5.41) is 4.00. The first-order valence-corrected chi connectivity index (χ1v) is 4.80. The highest BCUT2D eigenvalue weighted by molar-refractivity contribution is 5.14. The largest absolute Gasteiger partial charge is 0.364 e. The number of hydrogen-bond donors (Lipinski definition) is 0. The molecule has 0 amide bonds. The van der Waals surface area contributed by atoms with E-state index in [4.69, 9.17) is 4.52 Å². The van der Waals surface area contributed by atoms with E-state index >= 15 is 0 Å². The second kappa shape index (κ2) is 4.96. The molecule has 0 aromatic carbocycles. The first-order chi connectivity index (χ1) is 5.88. The van der Waals surface area contributed by atoms with Crippen LogP contribution >= 0.6 is 0 Å². The molecule has 12 heavy (non-hydrogen) atoms. The van der Waals surface area contributed by atoms with Gasteiger partial charge >= 0.3 is 0 Å². The maximum Gasteiger partial charge on any atom is 0.127 e. The molecule has 0 fully saturated rings. The fourth-order valence-corrected chi connectivity index (χ4v) is 1.30. The highest BCUT2D eigenvalue weighted by atomic mass is 16.5. The van der Waals surface area contributed by atoms with Crippen LogP contribution in [0.15, 0.2) is 10.8 Å². The molecule has 0 aliphatic rings. The minimum atomic E-state index is 1.07. The summed E-state index contributed by atoms with van der Waals surface area (Å²) in [5.41, 5.74) is 2.46. The van der Waals surface area contributed by atoms with Gasteiger partial charge in [0.15, 0.2) is 0 Å². The van der Waals surface area contributed by atoms with Gasteiger partial charge in [0.05, 0.1) is 5.69 Å². The number of unbranched alkanes of at least 4 members (excludes halogenated alkanes) is 1. The monoisotopic (exact) mass is 167 g/mol. The van der Waals surface area contributed by atoms with E-state index < -0.39 is 0 Å². The number of rotatable bonds is 5. The normalized spacial score (nSPS) is 10.5. The Bertz CT molecular complexity index is 217. The van der Waals surface area contributed by atoms with Crippen molar-refractivity contribution in [3.63, 3.8) is 0 Å². The van der Waals surface area contributed by atoms with Crippen LogP contribution in [-0.4, -0.2) is 5.16 Å². The van der Waals surface area contributed by atoms with Crippen LogP contribution in [0, 0.1) is 0 Å². The van der Waals surface area contributed by atoms with E-state index in [0.29, 0.717) is 0 Å². The number of aromatic nitrogens is 1. The summed E-state index contributed by atoms with van der Waals surface area (Å²) in [7, 11) is 0. The summed E-state index contributed by atoms with van der Waals surface area (Å²) in [5.74, 6) is 0. The molecule has 0 N–H and O–H groups in total. The lowest BCUT2D eigenvalue weighted by atomic mass is 10.1. The number of aryl methyl sites for hydroxylation is 2. The molecule has 0 radical (unpaired) electrons. The van der Waals surface area contributed by atoms with Crippen molar-refractivity contribution >= 4 is 0 Å². The molecule has 0 saturated heterocycles. The Hall–Kier alpha value is -0.790. The summed E-state index contributed by atoms with van der Waals surface area (Å²) in [6.07, 6.45) is 7.56. The summed E-state index contributed by atoms with van der Waals surface area (Å²) in [6.45, 7) is 4.37. The van der Waals surface area contributed by atoms with Gasteiger partial charge in [-0.25, -0.2) is 0 Å². The molecule has 0 atom stereocenters. The van der Waals surface area contributed by atoms with Gasteiger partial charge in [0.25, 0.3) is 0 Å². The summed E-state index contributed by atoms with van der Waals surface area (Å²) in [6, 6.07) is 0. The second-order valence-electron chi connectivity index (χ2n) is 3.14. The van der Waals surface area contributed by atoms with Crippen molar-refractivity contribution in [2.24, 2.45) is 0 Å². The molecule has 0 aliphatic heterocycles. The Labute approximate surface area is 74.0 Å². The molecule has 68 valence electrons. The van der Waals surface area contributed by atoms with Gasteiger partial charge in [0.1, 0.15) is 6.26 Å². The predicted octanol–water partition coefficient (Wildman–Crippen LogP) is 2.97. The average molecular weight is 167 g/mol. The van der Waals surface area contributed by atoms with Crippen molar-refractivity contribution in [2.75, 3.05) is 0 Å². The maximum atomic E-state index is 4.95. The zero-order valence-electron chi connectivity index (χ0n) is 7.97. The second-order valence-corrected chi connectivity index (χ2v) is 3.14. The van der Waals surface area contributed by atoms with Gasteiger partial charge in [0, 0.05) is 5.56 Å². The molecular formula is C10H17NO. The highest BCUT2D eigenvalue weighted by Gasteiger charge is 2.04. The Balaban J connectivity index is 2.51. The van der Waals surface area contributed by atoms with Crippen molar-refractivity contribution in [1.29, 1.82) is 0 Å². The molecule has 0 bridgehead atoms. The Morgan fingerprint density at radius 1 is 1.25 bits per heavy atom. The number of nitrogens with zero attached hydrogens (tertiary/aromatic N) is 1. The van der Waals surface area contributed by atoms with Crippen LogP contribution in [0.5, 0.6) is 0 Å². The summed E-state index contributed by atoms with van der Waals surface area (Å²) < 4.78 is 4.95. The van der Waals surface area contributed by atoms with Gasteiger partial charge in [0.2, 0.25) is 0 Å². The molecule has 0 aliphatic carbocycles. The van der Waals surface area contributed by atoms with Crippen molar-refractivity contribution < 1.29 is 4.52 Å². The third-order valence-electron chi connectivity index (χ3n) is 2.02. The van der Waals surface area contributed by atoms with Gasteiger partial charge < -0.3 is 4.52 Å². The van der Waals surface area contributed by atoms with Crippen LogP contribution in [0.4, 0.5) is 0 Å². The molecule has 0 saturated carbocycles. The Morgan fingerprint density at radius 2 is 2.08 bits per heavy atom. The molecule has 0 spiro atoms. The quantitative estimate of drug-likeness (QED) is 0.673. The lowest BCUT2D eigenvalue weighted by Gasteiger charge is -1.96. The first kappa shape index (κ1) is 9.30. The lowest BCUT2D eigenvalue weighted by molar-refractivity contribution is 0.410. The van der Waals surface area contributed by atoms with Crippen molar-refractivity contribution in [3.8, 4) is 0 Å². The minimum absolute atomic E-state index is 1.07. The van der Waals surface area contributed by atoms with Crippen LogP contribution in [0.25, 0.3) is 0 Å². The van der Waals surface area contributed by atoms with Gasteiger partial charge in [-0.15, -0.1) is 0 Å². The first-order valence-electron chi connectivity index (χ1n) is 4.80. The van der Waals surface area contributed by atoms with Crippen LogP contribution in [0.3, 0.4) is 0 Å². The SMILES string of the molecule is CCCCc1nocc1CCC. The van der Waals surface area contributed by atoms with Gasteiger partial charge in [-0.1, -0.05) is 31.8 Å². The van der Waals surface area contributed by atoms with E-state index in [2.05, 4.69) is 19.0 Å². The molecule has 0 unspecified atom stereocenters. The summed E-state index contributed by atoms with van der Waals surface area (Å²) >= 11 is 0. The van der Waals surface area contributed by atoms with Gasteiger partial charge in [-0.2, -0.15) is 0 Å². The minimum Gasteiger partial charge on any atom is -0.364 e. The van der Waals surface area contributed by atoms with Crippen molar-refractivity contribution in [3.05, 3.63) is 17.5 Å². The maximum absolute atomic E-state index is 4.95. The molecule has 2 heteroatoms. The fourth-order valence-electron chi connectivity index (χ4n) is 1.30. The van der Waals surface area contributed by atoms with E-state index in [1.165, 1.54) is 30.5 Å². The number of hydrogen-bond acceptors (Lipinski definition) is 2. The van der Waals surface area contributed by atoms with E-state index in [1.54, 1.807) is 6.26 Å². The Morgan fingerprint density at radius 3 is 2.75 bits per heavy atom. The van der Waals surface area contributed by atoms with E-state index in [0.717, 1.165) is 12.8 Å². The molecule has 1 aromatic rings. The lowest BCUT2D eigenvalue weighted by Crippen LogP contribution is -1.91. The topological polar surface area (TPSA) is 26.0 Å². The zero-order chi connectivity index (χ0) is 8.81. The molecule has 2 nitrogen and oxygen atoms in total. The van der Waals surface area contributed by atoms with E-state index in [-0.39, 0.29) is 0 Å². The Kier molecular flexibility index (Phi) is 3.85. The third-order valence-corrected chi connectivity index (χ3v) is 2.02. The smallest absolute Gasteiger partial charge is 0.127 e. The summed E-state index contributed by atoms with van der Waals surface area (Å²) in [4.78, 5) is 0. The molecule has 1 rings (SSSR count). The van der Waals surface area contributed by atoms with Crippen LogP contribution in [0.1, 0.15) is 44.4 Å². The molecular weight excluding hydrogens is 150 g/mol. The third kappa shape index (κ3) is 2.36. The molecule has 1 aromatic heterocycles. The fraction of sp³-hybridized carbons (Fsp3) is 0.700. The van der Waals surface area contributed by atoms with Crippen LogP contribution in [-0.2, 0) is 12.8 Å². The predicted molar refractivity (Wildman–Crippen MR) is 49.1 cm³/mol. The van der Waals surface area contributed by atoms with Crippen LogP contribution < -0.4 is 0 Å². The zero-order valence-corrected chi connectivity index (χ0v) is 7.97. The van der Waals surface area contributed by atoms with Gasteiger partial charge in [-0.05, 0) is 19.3 Å². The standard InChI is InChI=1S/C10H17NO/c1-3-5-7-10-9(6-4-2)8-12-11-10/h8H,3-7H2,1-2H3. The van der Waals surface area contributed by atoms with Crippen LogP contribution in [0.2, 0.25) is 0 Å². The average Bonchev–Trinajstić information content (AvgIpc) is 2.50. The van der Waals surface area contributed by atoms with Gasteiger partial charge in [-0.3, -0.25) is 0 Å². The van der Waals surface area contributed by atoms with E-state index in [1.807, 2.05) is 0 Å². The highest BCUT2D eigenvalue weighted by Crippen LogP contribution is 2.11.